The van der Waals surface area contributed by atoms with Gasteiger partial charge in [-0.2, -0.15) is 0 Å². The Morgan fingerprint density at radius 1 is 0.789 bits per heavy atom. The molecule has 7 atom stereocenters. The van der Waals surface area contributed by atoms with Gasteiger partial charge in [-0.25, -0.2) is 14.7 Å². The van der Waals surface area contributed by atoms with Gasteiger partial charge in [-0.05, 0) is 77.2 Å². The second-order valence-corrected chi connectivity index (χ2v) is 19.5. The Balaban J connectivity index is 1.26. The number of esters is 3. The summed E-state index contributed by atoms with van der Waals surface area (Å²) < 4.78 is 23.2. The lowest BCUT2D eigenvalue weighted by atomic mass is 9.65. The van der Waals surface area contributed by atoms with E-state index in [1.54, 1.807) is 55.5 Å². The number of fused-ring (bicyclic) bond motifs is 4. The molecule has 1 aromatic heterocycles. The third kappa shape index (κ3) is 9.20. The van der Waals surface area contributed by atoms with Gasteiger partial charge in [-0.15, -0.1) is 0 Å². The minimum atomic E-state index is -2.19. The van der Waals surface area contributed by atoms with Crippen LogP contribution in [0.4, 0.5) is 15.6 Å². The van der Waals surface area contributed by atoms with E-state index in [1.807, 2.05) is 114 Å². The van der Waals surface area contributed by atoms with E-state index in [0.717, 1.165) is 29.4 Å². The van der Waals surface area contributed by atoms with E-state index < -0.39 is 83.3 Å². The molecule has 0 saturated carbocycles. The van der Waals surface area contributed by atoms with Crippen molar-refractivity contribution in [2.75, 3.05) is 37.7 Å². The number of urea groups is 1. The average Bonchev–Trinajstić information content (AvgIpc) is 4.14. The number of aliphatic hydroxyl groups excluding tert-OH is 1. The van der Waals surface area contributed by atoms with Crippen LogP contribution in [0.2, 0.25) is 0 Å². The number of para-hydroxylation sites is 1. The molecule has 1 spiro atoms. The van der Waals surface area contributed by atoms with Crippen molar-refractivity contribution in [3.63, 3.8) is 0 Å². The van der Waals surface area contributed by atoms with Gasteiger partial charge in [-0.1, -0.05) is 138 Å². The number of morpholine rings is 1. The topological polar surface area (TPSA) is 203 Å². The maximum atomic E-state index is 16.9. The predicted octanol–water partition coefficient (Wildman–Crippen LogP) is 8.15. The Kier molecular flexibility index (Phi) is 14.5. The molecule has 4 amide bonds. The van der Waals surface area contributed by atoms with E-state index in [1.165, 1.54) is 11.3 Å². The van der Waals surface area contributed by atoms with Crippen LogP contribution in [0.25, 0.3) is 10.2 Å². The van der Waals surface area contributed by atoms with Crippen LogP contribution in [0.1, 0.15) is 71.0 Å². The quantitative estimate of drug-likeness (QED) is 0.0433. The largest absolute Gasteiger partial charge is 0.491 e. The Hall–Kier alpha value is -8.69. The van der Waals surface area contributed by atoms with Crippen molar-refractivity contribution in [1.29, 1.82) is 0 Å². The fraction of sp³-hybridized carbons (Fsp3) is 0.237. The predicted molar refractivity (Wildman–Crippen MR) is 282 cm³/mol. The molecule has 6 aromatic carbocycles. The molecule has 10 rings (SSSR count). The molecule has 0 unspecified atom stereocenters. The standard InChI is InChI=1S/C59H51N5O11S/c1-35(37-18-7-4-8-19-37)60-58(71)63-45-30-29-36(17-15-26-42(53(67)72-2)54(68)73-3)33-43(45)59(56(63)70)47(52(66)62-57-61-44-27-13-14-28-46(44)76-57)49-55(69)75-50(39-22-11-6-12-23-39)48(38-20-9-5-10-21-38)64(49)51(59)40-24-16-25-41(34-40)74-32-31-65/h4-14,16,18-25,27-30,33-35,42,47-51,65H,26,31-32H2,1-3H3,(H,60,71)(H,61,62,66)/t35-,47+,48+,49+,50-,51-,59+/m1/s1. The second-order valence-electron chi connectivity index (χ2n) is 18.4. The molecule has 4 heterocycles. The third-order valence-corrected chi connectivity index (χ3v) is 15.1. The molecule has 3 N–H and O–H groups in total. The number of nitrogens with one attached hydrogen (secondary N) is 2. The molecule has 2 saturated heterocycles. The highest BCUT2D eigenvalue weighted by Crippen LogP contribution is 2.66. The molecular weight excluding hydrogens is 987 g/mol. The number of imide groups is 1. The normalized spacial score (nSPS) is 21.0. The van der Waals surface area contributed by atoms with Crippen LogP contribution in [-0.4, -0.2) is 84.2 Å². The summed E-state index contributed by atoms with van der Waals surface area (Å²) in [4.78, 5) is 97.0. The van der Waals surface area contributed by atoms with E-state index in [0.29, 0.717) is 28.0 Å². The number of methoxy groups -OCH3 is 2. The number of aromatic nitrogens is 1. The second kappa shape index (κ2) is 21.6. The molecule has 76 heavy (non-hydrogen) atoms. The number of thiazole rings is 1. The lowest BCUT2D eigenvalue weighted by Gasteiger charge is -2.46. The fourth-order valence-corrected chi connectivity index (χ4v) is 11.8. The van der Waals surface area contributed by atoms with Crippen LogP contribution >= 0.6 is 11.3 Å². The van der Waals surface area contributed by atoms with E-state index in [-0.39, 0.29) is 41.6 Å². The molecule has 7 aromatic rings. The number of cyclic esters (lactones) is 1. The van der Waals surface area contributed by atoms with Crippen LogP contribution in [0.3, 0.4) is 0 Å². The minimum absolute atomic E-state index is 0.0714. The van der Waals surface area contributed by atoms with Gasteiger partial charge in [0, 0.05) is 12.0 Å². The molecule has 0 bridgehead atoms. The zero-order valence-electron chi connectivity index (χ0n) is 41.5. The molecule has 3 aliphatic heterocycles. The highest BCUT2D eigenvalue weighted by molar-refractivity contribution is 7.22. The fourth-order valence-electron chi connectivity index (χ4n) is 10.9. The number of ether oxygens (including phenoxy) is 4. The number of rotatable bonds is 13. The summed E-state index contributed by atoms with van der Waals surface area (Å²) in [5.74, 6) is -0.868. The number of hydrogen-bond acceptors (Lipinski definition) is 14. The number of hydrogen-bond donors (Lipinski definition) is 3. The van der Waals surface area contributed by atoms with Gasteiger partial charge in [-0.3, -0.25) is 28.9 Å². The molecule has 384 valence electrons. The first-order valence-corrected chi connectivity index (χ1v) is 25.4. The van der Waals surface area contributed by atoms with E-state index in [2.05, 4.69) is 22.5 Å². The van der Waals surface area contributed by atoms with E-state index in [9.17, 15) is 14.7 Å². The Morgan fingerprint density at radius 3 is 2.13 bits per heavy atom. The number of benzene rings is 6. The van der Waals surface area contributed by atoms with Gasteiger partial charge in [0.05, 0.1) is 60.8 Å². The Bertz CT molecular complexity index is 3370. The smallest absolute Gasteiger partial charge is 0.329 e. The average molecular weight is 1040 g/mol. The van der Waals surface area contributed by atoms with Crippen LogP contribution in [0.15, 0.2) is 158 Å². The zero-order valence-corrected chi connectivity index (χ0v) is 42.3. The molecule has 3 aliphatic rings. The van der Waals surface area contributed by atoms with Crippen LogP contribution in [0.5, 0.6) is 5.75 Å². The Morgan fingerprint density at radius 2 is 1.45 bits per heavy atom. The van der Waals surface area contributed by atoms with Crippen molar-refractivity contribution in [2.45, 2.75) is 49.0 Å². The molecule has 0 radical (unpaired) electrons. The van der Waals surface area contributed by atoms with Gasteiger partial charge in [0.2, 0.25) is 11.8 Å². The lowest BCUT2D eigenvalue weighted by Crippen LogP contribution is -2.55. The molecule has 0 aliphatic carbocycles. The maximum Gasteiger partial charge on any atom is 0.329 e. The number of anilines is 2. The van der Waals surface area contributed by atoms with Crippen molar-refractivity contribution < 1.29 is 52.8 Å². The van der Waals surface area contributed by atoms with Gasteiger partial charge in [0.25, 0.3) is 0 Å². The number of aliphatic hydroxyl groups is 1. The summed E-state index contributed by atoms with van der Waals surface area (Å²) in [5.41, 5.74) is 1.48. The molecule has 17 heteroatoms. The zero-order chi connectivity index (χ0) is 53.1. The van der Waals surface area contributed by atoms with Crippen molar-refractivity contribution in [3.8, 4) is 17.6 Å². The summed E-state index contributed by atoms with van der Waals surface area (Å²) in [6.07, 6.45) is -1.30. The monoisotopic (exact) mass is 1040 g/mol. The highest BCUT2D eigenvalue weighted by atomic mass is 32.1. The highest BCUT2D eigenvalue weighted by Gasteiger charge is 2.75. The number of nitrogens with zero attached hydrogens (tertiary/aromatic N) is 3. The van der Waals surface area contributed by atoms with Gasteiger partial charge >= 0.3 is 23.9 Å². The molecular formula is C59H51N5O11S. The third-order valence-electron chi connectivity index (χ3n) is 14.2. The minimum Gasteiger partial charge on any atom is -0.491 e. The molecule has 2 fully saturated rings. The Labute approximate surface area is 441 Å². The van der Waals surface area contributed by atoms with Crippen molar-refractivity contribution >= 4 is 68.1 Å². The summed E-state index contributed by atoms with van der Waals surface area (Å²) in [7, 11) is 2.30. The van der Waals surface area contributed by atoms with E-state index in [4.69, 9.17) is 23.9 Å². The van der Waals surface area contributed by atoms with Crippen molar-refractivity contribution in [2.24, 2.45) is 11.8 Å². The summed E-state index contributed by atoms with van der Waals surface area (Å²) >= 11 is 1.21. The van der Waals surface area contributed by atoms with Gasteiger partial charge < -0.3 is 34.7 Å². The maximum absolute atomic E-state index is 16.9. The first kappa shape index (κ1) is 50.8. The van der Waals surface area contributed by atoms with Gasteiger partial charge in [0.1, 0.15) is 29.9 Å². The number of carbonyl (C=O) groups excluding carboxylic acids is 6. The number of carbonyl (C=O) groups is 6. The first-order valence-electron chi connectivity index (χ1n) is 24.5. The van der Waals surface area contributed by atoms with Crippen molar-refractivity contribution in [3.05, 3.63) is 191 Å². The first-order chi connectivity index (χ1) is 37.0. The van der Waals surface area contributed by atoms with E-state index >= 15 is 19.2 Å². The van der Waals surface area contributed by atoms with Crippen LogP contribution in [-0.2, 0) is 43.6 Å². The van der Waals surface area contributed by atoms with Crippen molar-refractivity contribution in [1.82, 2.24) is 15.2 Å². The lowest BCUT2D eigenvalue weighted by molar-refractivity contribution is -0.178. The molecule has 16 nitrogen and oxygen atoms in total. The van der Waals surface area contributed by atoms with Crippen LogP contribution < -0.4 is 20.3 Å². The van der Waals surface area contributed by atoms with Gasteiger partial charge in [0.15, 0.2) is 11.0 Å². The SMILES string of the molecule is COC(=O)C(CC#Cc1ccc2c(c1)[C@]1(C(=O)N2C(=O)N[C@H](C)c2ccccc2)[C@H](C(=O)Nc2nc3ccccc3s2)[C@H]2C(=O)O[C@H](c3ccccc3)[C@H](c3ccccc3)N2[C@@H]1c1cccc(OCCO)c1)C(=O)OC. The van der Waals surface area contributed by atoms with Crippen LogP contribution in [0, 0.1) is 23.7 Å². The summed E-state index contributed by atoms with van der Waals surface area (Å²) in [5, 5.41) is 16.1. The number of amides is 4. The summed E-state index contributed by atoms with van der Waals surface area (Å²) in [6.45, 7) is 1.41. The summed E-state index contributed by atoms with van der Waals surface area (Å²) in [6, 6.07) is 41.7.